The average Bonchev–Trinajstić information content (AvgIpc) is 3.30. The van der Waals surface area contributed by atoms with E-state index in [-0.39, 0.29) is 17.4 Å². The molecular formula is C24H32FN5O3. The zero-order valence-electron chi connectivity index (χ0n) is 19.2. The number of aryl methyl sites for hydroxylation is 1. The lowest BCUT2D eigenvalue weighted by molar-refractivity contribution is -0.132. The molecule has 0 unspecified atom stereocenters. The Bertz CT molecular complexity index is 951. The first kappa shape index (κ1) is 23.4. The van der Waals surface area contributed by atoms with Gasteiger partial charge in [-0.25, -0.2) is 4.39 Å². The van der Waals surface area contributed by atoms with Gasteiger partial charge in [-0.15, -0.1) is 0 Å². The van der Waals surface area contributed by atoms with E-state index in [0.717, 1.165) is 12.8 Å². The molecule has 1 saturated carbocycles. The normalized spacial score (nSPS) is 17.8. The van der Waals surface area contributed by atoms with Gasteiger partial charge in [0.05, 0.1) is 12.1 Å². The smallest absolute Gasteiger partial charge is 0.256 e. The minimum Gasteiger partial charge on any atom is -0.343 e. The number of halogens is 1. The Balaban J connectivity index is 1.21. The fourth-order valence-corrected chi connectivity index (χ4v) is 4.63. The minimum absolute atomic E-state index is 0.109. The van der Waals surface area contributed by atoms with Crippen molar-refractivity contribution in [2.45, 2.75) is 57.5 Å². The van der Waals surface area contributed by atoms with Crippen LogP contribution in [0.3, 0.4) is 0 Å². The molecule has 33 heavy (non-hydrogen) atoms. The van der Waals surface area contributed by atoms with Gasteiger partial charge in [0.1, 0.15) is 5.82 Å². The monoisotopic (exact) mass is 457 g/mol. The predicted molar refractivity (Wildman–Crippen MR) is 120 cm³/mol. The molecule has 1 aliphatic heterocycles. The highest BCUT2D eigenvalue weighted by atomic mass is 19.1. The summed E-state index contributed by atoms with van der Waals surface area (Å²) >= 11 is 0. The zero-order chi connectivity index (χ0) is 23.2. The van der Waals surface area contributed by atoms with E-state index in [2.05, 4.69) is 15.0 Å². The molecule has 0 spiro atoms. The van der Waals surface area contributed by atoms with Gasteiger partial charge in [0, 0.05) is 52.1 Å². The van der Waals surface area contributed by atoms with Crippen LogP contribution >= 0.6 is 0 Å². The number of nitrogens with zero attached hydrogens (tertiary/aromatic N) is 5. The molecule has 2 aliphatic rings. The Morgan fingerprint density at radius 3 is 2.58 bits per heavy atom. The van der Waals surface area contributed by atoms with Crippen LogP contribution in [0.2, 0.25) is 0 Å². The predicted octanol–water partition coefficient (Wildman–Crippen LogP) is 2.89. The molecule has 8 nitrogen and oxygen atoms in total. The van der Waals surface area contributed by atoms with Crippen LogP contribution in [0, 0.1) is 5.82 Å². The van der Waals surface area contributed by atoms with Crippen LogP contribution in [0.1, 0.15) is 60.6 Å². The molecular weight excluding hydrogens is 425 g/mol. The van der Waals surface area contributed by atoms with Crippen LogP contribution in [0.15, 0.2) is 28.8 Å². The fourth-order valence-electron chi connectivity index (χ4n) is 4.63. The summed E-state index contributed by atoms with van der Waals surface area (Å²) in [7, 11) is 1.90. The number of hydrogen-bond acceptors (Lipinski definition) is 6. The van der Waals surface area contributed by atoms with Crippen molar-refractivity contribution in [1.29, 1.82) is 0 Å². The third-order valence-electron chi connectivity index (χ3n) is 6.71. The van der Waals surface area contributed by atoms with Crippen molar-refractivity contribution in [1.82, 2.24) is 24.8 Å². The third kappa shape index (κ3) is 5.96. The van der Waals surface area contributed by atoms with Gasteiger partial charge in [0.25, 0.3) is 5.91 Å². The van der Waals surface area contributed by atoms with Gasteiger partial charge in [-0.3, -0.25) is 14.5 Å². The summed E-state index contributed by atoms with van der Waals surface area (Å²) in [5.41, 5.74) is 0.109. The number of carbonyl (C=O) groups excluding carboxylic acids is 2. The number of carbonyl (C=O) groups is 2. The number of piperazine rings is 1. The highest BCUT2D eigenvalue weighted by molar-refractivity contribution is 5.94. The van der Waals surface area contributed by atoms with Gasteiger partial charge in [0.15, 0.2) is 5.82 Å². The van der Waals surface area contributed by atoms with E-state index in [0.29, 0.717) is 63.3 Å². The van der Waals surface area contributed by atoms with Crippen molar-refractivity contribution < 1.29 is 18.5 Å². The lowest BCUT2D eigenvalue weighted by atomic mass is 9.94. The van der Waals surface area contributed by atoms with E-state index in [1.54, 1.807) is 17.0 Å². The molecule has 2 aromatic rings. The highest BCUT2D eigenvalue weighted by Crippen LogP contribution is 2.22. The van der Waals surface area contributed by atoms with Crippen LogP contribution < -0.4 is 0 Å². The van der Waals surface area contributed by atoms with Crippen LogP contribution in [-0.4, -0.2) is 75.9 Å². The van der Waals surface area contributed by atoms with Crippen molar-refractivity contribution in [2.75, 3.05) is 33.2 Å². The van der Waals surface area contributed by atoms with Gasteiger partial charge in [0.2, 0.25) is 11.8 Å². The average molecular weight is 458 g/mol. The Hall–Kier alpha value is -2.81. The zero-order valence-corrected chi connectivity index (χ0v) is 19.2. The Morgan fingerprint density at radius 2 is 1.85 bits per heavy atom. The van der Waals surface area contributed by atoms with Gasteiger partial charge in [-0.2, -0.15) is 4.98 Å². The molecule has 0 N–H and O–H groups in total. The summed E-state index contributed by atoms with van der Waals surface area (Å²) in [6.07, 6.45) is 6.64. The van der Waals surface area contributed by atoms with Gasteiger partial charge in [-0.1, -0.05) is 36.6 Å². The number of rotatable bonds is 7. The van der Waals surface area contributed by atoms with E-state index in [1.807, 2.05) is 11.9 Å². The maximum absolute atomic E-state index is 13.9. The summed E-state index contributed by atoms with van der Waals surface area (Å²) < 4.78 is 19.3. The summed E-state index contributed by atoms with van der Waals surface area (Å²) in [5.74, 6) is 0.401. The Morgan fingerprint density at radius 1 is 1.12 bits per heavy atom. The molecule has 2 fully saturated rings. The Labute approximate surface area is 193 Å². The van der Waals surface area contributed by atoms with Crippen LogP contribution in [0.5, 0.6) is 0 Å². The number of hydrogen-bond donors (Lipinski definition) is 0. The van der Waals surface area contributed by atoms with E-state index in [1.165, 1.54) is 31.4 Å². The summed E-state index contributed by atoms with van der Waals surface area (Å²) in [6.45, 7) is 2.84. The second-order valence-corrected chi connectivity index (χ2v) is 8.95. The molecule has 9 heteroatoms. The van der Waals surface area contributed by atoms with Crippen molar-refractivity contribution in [3.8, 4) is 0 Å². The Kier molecular flexibility index (Phi) is 7.69. The van der Waals surface area contributed by atoms with Crippen molar-refractivity contribution in [2.24, 2.45) is 0 Å². The van der Waals surface area contributed by atoms with Crippen LogP contribution in [0.4, 0.5) is 4.39 Å². The van der Waals surface area contributed by atoms with Crippen LogP contribution in [-0.2, 0) is 17.8 Å². The second kappa shape index (κ2) is 10.9. The molecule has 1 aromatic carbocycles. The molecule has 1 aliphatic carbocycles. The van der Waals surface area contributed by atoms with Crippen molar-refractivity contribution in [3.05, 3.63) is 47.4 Å². The number of aromatic nitrogens is 2. The van der Waals surface area contributed by atoms with E-state index in [9.17, 15) is 14.0 Å². The summed E-state index contributed by atoms with van der Waals surface area (Å²) in [4.78, 5) is 35.2. The fraction of sp³-hybridized carbons (Fsp3) is 0.583. The molecule has 0 radical (unpaired) electrons. The highest BCUT2D eigenvalue weighted by Gasteiger charge is 2.25. The number of amides is 2. The molecule has 0 atom stereocenters. The summed E-state index contributed by atoms with van der Waals surface area (Å²) in [5, 5.41) is 4.05. The third-order valence-corrected chi connectivity index (χ3v) is 6.71. The lowest BCUT2D eigenvalue weighted by Gasteiger charge is -2.34. The van der Waals surface area contributed by atoms with Crippen molar-refractivity contribution in [3.63, 3.8) is 0 Å². The molecule has 2 amide bonds. The molecule has 2 heterocycles. The largest absolute Gasteiger partial charge is 0.343 e. The lowest BCUT2D eigenvalue weighted by Crippen LogP contribution is -2.48. The molecule has 1 aromatic heterocycles. The second-order valence-electron chi connectivity index (χ2n) is 8.95. The minimum atomic E-state index is -0.493. The first-order chi connectivity index (χ1) is 16.0. The van der Waals surface area contributed by atoms with E-state index >= 15 is 0 Å². The first-order valence-corrected chi connectivity index (χ1v) is 11.8. The first-order valence-electron chi connectivity index (χ1n) is 11.8. The summed E-state index contributed by atoms with van der Waals surface area (Å²) in [6, 6.07) is 6.42. The van der Waals surface area contributed by atoms with Crippen LogP contribution in [0.25, 0.3) is 0 Å². The molecule has 178 valence electrons. The van der Waals surface area contributed by atoms with Gasteiger partial charge >= 0.3 is 0 Å². The SMILES string of the molecule is CN(C(=O)CCc1nc(CN2CCN(C(=O)c3ccccc3F)CC2)no1)C1CCCCC1. The maximum atomic E-state index is 13.9. The standard InChI is InChI=1S/C24H32FN5O3/c1-28(18-7-3-2-4-8-18)23(31)12-11-22-26-21(27-33-22)17-29-13-15-30(16-14-29)24(32)19-9-5-6-10-20(19)25/h5-6,9-10,18H,2-4,7-8,11-17H2,1H3. The van der Waals surface area contributed by atoms with Gasteiger partial charge < -0.3 is 14.3 Å². The molecule has 1 saturated heterocycles. The molecule has 0 bridgehead atoms. The number of benzene rings is 1. The molecule has 4 rings (SSSR count). The topological polar surface area (TPSA) is 82.8 Å². The quantitative estimate of drug-likeness (QED) is 0.636. The maximum Gasteiger partial charge on any atom is 0.256 e. The van der Waals surface area contributed by atoms with E-state index in [4.69, 9.17) is 4.52 Å². The van der Waals surface area contributed by atoms with Gasteiger partial charge in [-0.05, 0) is 25.0 Å². The van der Waals surface area contributed by atoms with E-state index < -0.39 is 5.82 Å². The van der Waals surface area contributed by atoms with Crippen molar-refractivity contribution >= 4 is 11.8 Å².